The van der Waals surface area contributed by atoms with Gasteiger partial charge in [0.15, 0.2) is 0 Å². The van der Waals surface area contributed by atoms with Crippen molar-refractivity contribution in [1.29, 1.82) is 0 Å². The quantitative estimate of drug-likeness (QED) is 0.562. The topological polar surface area (TPSA) is 67.9 Å². The smallest absolute Gasteiger partial charge is 0.252 e. The van der Waals surface area contributed by atoms with Crippen LogP contribution >= 0.6 is 11.8 Å². The van der Waals surface area contributed by atoms with E-state index < -0.39 is 0 Å². The maximum Gasteiger partial charge on any atom is 0.252 e. The molecule has 0 spiro atoms. The van der Waals surface area contributed by atoms with Crippen molar-refractivity contribution in [3.8, 4) is 11.5 Å². The van der Waals surface area contributed by atoms with Gasteiger partial charge in [-0.1, -0.05) is 31.4 Å². The highest BCUT2D eigenvalue weighted by Gasteiger charge is 2.22. The number of amides is 2. The molecule has 2 aromatic rings. The molecule has 1 aliphatic carbocycles. The molecule has 1 N–H and O–H groups in total. The van der Waals surface area contributed by atoms with Crippen LogP contribution in [-0.2, 0) is 11.3 Å². The first kappa shape index (κ1) is 24.0. The Bertz CT molecular complexity index is 928. The van der Waals surface area contributed by atoms with Gasteiger partial charge < -0.3 is 19.7 Å². The van der Waals surface area contributed by atoms with Crippen LogP contribution in [0.15, 0.2) is 47.4 Å². The van der Waals surface area contributed by atoms with Gasteiger partial charge in [-0.15, -0.1) is 11.8 Å². The summed E-state index contributed by atoms with van der Waals surface area (Å²) in [5, 5.41) is 2.96. The van der Waals surface area contributed by atoms with Gasteiger partial charge in [0.05, 0.1) is 25.5 Å². The lowest BCUT2D eigenvalue weighted by molar-refractivity contribution is -0.129. The van der Waals surface area contributed by atoms with Gasteiger partial charge in [0.25, 0.3) is 5.91 Å². The first-order valence-electron chi connectivity index (χ1n) is 11.0. The van der Waals surface area contributed by atoms with E-state index >= 15 is 0 Å². The second-order valence-corrected chi connectivity index (χ2v) is 8.96. The van der Waals surface area contributed by atoms with Gasteiger partial charge in [-0.25, -0.2) is 0 Å². The average Bonchev–Trinajstić information content (AvgIpc) is 2.85. The summed E-state index contributed by atoms with van der Waals surface area (Å²) in [6, 6.07) is 13.2. The van der Waals surface area contributed by atoms with Crippen molar-refractivity contribution >= 4 is 23.6 Å². The zero-order valence-corrected chi connectivity index (χ0v) is 19.9. The van der Waals surface area contributed by atoms with Crippen molar-refractivity contribution in [3.63, 3.8) is 0 Å². The van der Waals surface area contributed by atoms with Crippen molar-refractivity contribution in [2.45, 2.75) is 49.6 Å². The predicted molar refractivity (Wildman–Crippen MR) is 128 cm³/mol. The molecule has 1 saturated carbocycles. The Morgan fingerprint density at radius 2 is 1.81 bits per heavy atom. The molecule has 172 valence electrons. The maximum atomic E-state index is 12.9. The molecule has 7 heteroatoms. The second kappa shape index (κ2) is 11.8. The van der Waals surface area contributed by atoms with E-state index in [1.807, 2.05) is 42.3 Å². The second-order valence-electron chi connectivity index (χ2n) is 7.94. The number of benzene rings is 2. The minimum Gasteiger partial charge on any atom is -0.497 e. The maximum absolute atomic E-state index is 12.9. The Morgan fingerprint density at radius 3 is 2.53 bits per heavy atom. The third-order valence-electron chi connectivity index (χ3n) is 5.93. The van der Waals surface area contributed by atoms with Crippen LogP contribution in [0.5, 0.6) is 11.5 Å². The van der Waals surface area contributed by atoms with Gasteiger partial charge in [-0.05, 0) is 37.1 Å². The monoisotopic (exact) mass is 456 g/mol. The number of rotatable bonds is 9. The molecule has 0 aliphatic heterocycles. The van der Waals surface area contributed by atoms with E-state index in [2.05, 4.69) is 5.32 Å². The number of ether oxygens (including phenoxy) is 2. The van der Waals surface area contributed by atoms with Gasteiger partial charge in [0.1, 0.15) is 11.5 Å². The van der Waals surface area contributed by atoms with Crippen LogP contribution in [-0.4, -0.2) is 49.8 Å². The van der Waals surface area contributed by atoms with E-state index in [9.17, 15) is 9.59 Å². The predicted octanol–water partition coefficient (Wildman–Crippen LogP) is 4.52. The summed E-state index contributed by atoms with van der Waals surface area (Å²) in [7, 11) is 5.09. The number of hydrogen-bond acceptors (Lipinski definition) is 5. The molecule has 1 aliphatic rings. The minimum atomic E-state index is -0.181. The largest absolute Gasteiger partial charge is 0.497 e. The highest BCUT2D eigenvalue weighted by molar-refractivity contribution is 8.00. The fraction of sp³-hybridized carbons (Fsp3) is 0.440. The highest BCUT2D eigenvalue weighted by Crippen LogP contribution is 2.27. The summed E-state index contributed by atoms with van der Waals surface area (Å²) in [6.45, 7) is 0.328. The zero-order chi connectivity index (χ0) is 22.9. The molecule has 0 bridgehead atoms. The fourth-order valence-electron chi connectivity index (χ4n) is 3.96. The summed E-state index contributed by atoms with van der Waals surface area (Å²) in [6.07, 6.45) is 5.81. The van der Waals surface area contributed by atoms with E-state index in [-0.39, 0.29) is 11.8 Å². The van der Waals surface area contributed by atoms with Gasteiger partial charge in [0.2, 0.25) is 5.91 Å². The molecular formula is C25H32N2O4S. The number of thioether (sulfide) groups is 1. The van der Waals surface area contributed by atoms with E-state index in [1.54, 1.807) is 26.4 Å². The molecule has 1 fully saturated rings. The number of carbonyl (C=O) groups is 2. The van der Waals surface area contributed by atoms with Gasteiger partial charge >= 0.3 is 0 Å². The Balaban J connectivity index is 1.60. The van der Waals surface area contributed by atoms with Crippen LogP contribution < -0.4 is 14.8 Å². The van der Waals surface area contributed by atoms with Gasteiger partial charge in [-0.2, -0.15) is 0 Å². The molecule has 0 unspecified atom stereocenters. The van der Waals surface area contributed by atoms with E-state index in [0.29, 0.717) is 35.4 Å². The van der Waals surface area contributed by atoms with Crippen LogP contribution in [0.25, 0.3) is 0 Å². The third kappa shape index (κ3) is 6.19. The molecule has 0 radical (unpaired) electrons. The number of hydrogen-bond donors (Lipinski definition) is 1. The Labute approximate surface area is 194 Å². The van der Waals surface area contributed by atoms with Crippen molar-refractivity contribution in [3.05, 3.63) is 53.6 Å². The molecule has 2 amide bonds. The molecule has 0 aromatic heterocycles. The standard InChI is InChI=1S/C25H32N2O4S/c1-27(19-9-5-4-6-10-19)24(28)17-32-23-12-8-7-11-21(23)25(29)26-16-18-13-14-20(30-2)15-22(18)31-3/h7-8,11-15,19H,4-6,9-10,16-17H2,1-3H3,(H,26,29). The first-order valence-corrected chi connectivity index (χ1v) is 12.0. The molecule has 32 heavy (non-hydrogen) atoms. The molecule has 0 saturated heterocycles. The Kier molecular flexibility index (Phi) is 8.85. The fourth-order valence-corrected chi connectivity index (χ4v) is 4.94. The van der Waals surface area contributed by atoms with E-state index in [0.717, 1.165) is 23.3 Å². The summed E-state index contributed by atoms with van der Waals surface area (Å²) < 4.78 is 10.6. The number of nitrogens with one attached hydrogen (secondary N) is 1. The van der Waals surface area contributed by atoms with Gasteiger partial charge in [-0.3, -0.25) is 9.59 Å². The molecule has 0 heterocycles. The van der Waals surface area contributed by atoms with E-state index in [4.69, 9.17) is 9.47 Å². The molecule has 2 aromatic carbocycles. The zero-order valence-electron chi connectivity index (χ0n) is 19.1. The first-order chi connectivity index (χ1) is 15.5. The molecule has 0 atom stereocenters. The van der Waals surface area contributed by atoms with Crippen molar-refractivity contribution < 1.29 is 19.1 Å². The van der Waals surface area contributed by atoms with Crippen LogP contribution in [0.2, 0.25) is 0 Å². The summed E-state index contributed by atoms with van der Waals surface area (Å²) in [5.74, 6) is 1.60. The minimum absolute atomic E-state index is 0.111. The molecular weight excluding hydrogens is 424 g/mol. The summed E-state index contributed by atoms with van der Waals surface area (Å²) in [4.78, 5) is 28.3. The SMILES string of the molecule is COc1ccc(CNC(=O)c2ccccc2SCC(=O)N(C)C2CCCCC2)c(OC)c1. The molecule has 3 rings (SSSR count). The van der Waals surface area contributed by atoms with E-state index in [1.165, 1.54) is 31.0 Å². The molecule has 6 nitrogen and oxygen atoms in total. The Morgan fingerprint density at radius 1 is 1.06 bits per heavy atom. The lowest BCUT2D eigenvalue weighted by Gasteiger charge is -2.31. The van der Waals surface area contributed by atoms with Crippen molar-refractivity contribution in [1.82, 2.24) is 10.2 Å². The Hall–Kier alpha value is -2.67. The van der Waals surface area contributed by atoms with Crippen LogP contribution in [0.1, 0.15) is 48.0 Å². The lowest BCUT2D eigenvalue weighted by Crippen LogP contribution is -2.39. The van der Waals surface area contributed by atoms with Crippen LogP contribution in [0.3, 0.4) is 0 Å². The summed E-state index contributed by atoms with van der Waals surface area (Å²) in [5.41, 5.74) is 1.43. The average molecular weight is 457 g/mol. The number of nitrogens with zero attached hydrogens (tertiary/aromatic N) is 1. The lowest BCUT2D eigenvalue weighted by atomic mass is 9.94. The third-order valence-corrected chi connectivity index (χ3v) is 6.99. The summed E-state index contributed by atoms with van der Waals surface area (Å²) >= 11 is 1.42. The number of carbonyl (C=O) groups excluding carboxylic acids is 2. The normalized spacial score (nSPS) is 14.0. The van der Waals surface area contributed by atoms with Crippen molar-refractivity contribution in [2.24, 2.45) is 0 Å². The van der Waals surface area contributed by atoms with Crippen LogP contribution in [0.4, 0.5) is 0 Å². The van der Waals surface area contributed by atoms with Gasteiger partial charge in [0, 0.05) is 36.2 Å². The number of methoxy groups -OCH3 is 2. The highest BCUT2D eigenvalue weighted by atomic mass is 32.2. The van der Waals surface area contributed by atoms with Crippen LogP contribution in [0, 0.1) is 0 Å². The van der Waals surface area contributed by atoms with Crippen molar-refractivity contribution in [2.75, 3.05) is 27.0 Å².